The van der Waals surface area contributed by atoms with Crippen LogP contribution < -0.4 is 5.32 Å². The van der Waals surface area contributed by atoms with Crippen molar-refractivity contribution in [2.45, 2.75) is 321 Å². The van der Waals surface area contributed by atoms with E-state index in [-0.39, 0.29) is 18.5 Å². The number of hydrogen-bond donors (Lipinski definition) is 3. The van der Waals surface area contributed by atoms with Gasteiger partial charge in [0, 0.05) is 12.8 Å². The van der Waals surface area contributed by atoms with Gasteiger partial charge < -0.3 is 20.3 Å². The van der Waals surface area contributed by atoms with Crippen molar-refractivity contribution in [2.24, 2.45) is 0 Å². The molecule has 0 aliphatic heterocycles. The summed E-state index contributed by atoms with van der Waals surface area (Å²) in [6.45, 7) is 4.85. The molecule has 0 heterocycles. The van der Waals surface area contributed by atoms with Crippen LogP contribution in [0, 0.1) is 0 Å². The first kappa shape index (κ1) is 64.1. The predicted molar refractivity (Wildman–Crippen MR) is 287 cm³/mol. The number of allylic oxidation sites excluding steroid dienone is 5. The highest BCUT2D eigenvalue weighted by Gasteiger charge is 2.18. The van der Waals surface area contributed by atoms with Crippen molar-refractivity contribution in [1.29, 1.82) is 0 Å². The Morgan fingerprint density at radius 1 is 0.424 bits per heavy atom. The second-order valence-corrected chi connectivity index (χ2v) is 20.0. The van der Waals surface area contributed by atoms with Crippen LogP contribution in [0.25, 0.3) is 0 Å². The van der Waals surface area contributed by atoms with Crippen molar-refractivity contribution in [3.8, 4) is 0 Å². The van der Waals surface area contributed by atoms with Gasteiger partial charge in [0.1, 0.15) is 0 Å². The summed E-state index contributed by atoms with van der Waals surface area (Å²) < 4.78 is 5.46. The minimum atomic E-state index is -0.852. The molecule has 0 aliphatic rings. The average Bonchev–Trinajstić information content (AvgIpc) is 3.32. The number of ether oxygens (including phenoxy) is 1. The van der Waals surface area contributed by atoms with Crippen LogP contribution in [0.4, 0.5) is 0 Å². The third-order valence-corrected chi connectivity index (χ3v) is 13.4. The Bertz CT molecular complexity index is 1070. The van der Waals surface area contributed by atoms with Gasteiger partial charge in [-0.2, -0.15) is 0 Å². The van der Waals surface area contributed by atoms with Crippen LogP contribution in [0.1, 0.15) is 309 Å². The summed E-state index contributed by atoms with van der Waals surface area (Å²) in [5, 5.41) is 23.2. The number of carbonyl (C=O) groups excluding carboxylic acids is 2. The lowest BCUT2D eigenvalue weighted by atomic mass is 10.0. The molecule has 0 radical (unpaired) electrons. The normalized spacial score (nSPS) is 12.8. The summed E-state index contributed by atoms with van der Waals surface area (Å²) in [7, 11) is 0. The van der Waals surface area contributed by atoms with Crippen molar-refractivity contribution in [3.05, 3.63) is 36.5 Å². The van der Waals surface area contributed by atoms with E-state index in [2.05, 4.69) is 43.5 Å². The van der Waals surface area contributed by atoms with Gasteiger partial charge in [-0.15, -0.1) is 0 Å². The number of aliphatic hydroxyl groups excluding tert-OH is 2. The number of aliphatic hydroxyl groups is 2. The van der Waals surface area contributed by atoms with E-state index in [0.717, 1.165) is 64.2 Å². The van der Waals surface area contributed by atoms with Crippen LogP contribution in [0.15, 0.2) is 36.5 Å². The molecule has 0 rings (SSSR count). The van der Waals surface area contributed by atoms with Crippen LogP contribution in [0.5, 0.6) is 0 Å². The lowest BCUT2D eigenvalue weighted by Gasteiger charge is -2.20. The molecule has 0 aromatic carbocycles. The van der Waals surface area contributed by atoms with E-state index in [1.54, 1.807) is 6.08 Å². The maximum Gasteiger partial charge on any atom is 0.305 e. The minimum Gasteiger partial charge on any atom is -0.466 e. The van der Waals surface area contributed by atoms with Crippen LogP contribution >= 0.6 is 0 Å². The third kappa shape index (κ3) is 51.5. The zero-order chi connectivity index (χ0) is 47.9. The van der Waals surface area contributed by atoms with Gasteiger partial charge in [0.15, 0.2) is 0 Å². The molecule has 0 aromatic rings. The number of hydrogen-bond acceptors (Lipinski definition) is 5. The highest BCUT2D eigenvalue weighted by atomic mass is 16.5. The molecule has 2 unspecified atom stereocenters. The number of unbranched alkanes of at least 4 members (excludes halogenated alkanes) is 39. The largest absolute Gasteiger partial charge is 0.466 e. The highest BCUT2D eigenvalue weighted by molar-refractivity contribution is 5.76. The second kappa shape index (κ2) is 55.7. The predicted octanol–water partition coefficient (Wildman–Crippen LogP) is 18.0. The molecule has 0 aromatic heterocycles. The summed E-state index contributed by atoms with van der Waals surface area (Å²) in [4.78, 5) is 24.5. The fourth-order valence-corrected chi connectivity index (χ4v) is 8.89. The van der Waals surface area contributed by atoms with E-state index in [0.29, 0.717) is 19.4 Å². The van der Waals surface area contributed by atoms with Crippen molar-refractivity contribution in [1.82, 2.24) is 5.32 Å². The molecule has 3 N–H and O–H groups in total. The van der Waals surface area contributed by atoms with Gasteiger partial charge >= 0.3 is 5.97 Å². The van der Waals surface area contributed by atoms with Crippen molar-refractivity contribution in [3.63, 3.8) is 0 Å². The minimum absolute atomic E-state index is 0.0150. The van der Waals surface area contributed by atoms with Gasteiger partial charge in [0.05, 0.1) is 25.4 Å². The topological polar surface area (TPSA) is 95.9 Å². The molecule has 0 aliphatic carbocycles. The van der Waals surface area contributed by atoms with E-state index in [4.69, 9.17) is 4.74 Å². The summed E-state index contributed by atoms with van der Waals surface area (Å²) in [5.74, 6) is -0.0901. The first-order chi connectivity index (χ1) is 32.5. The molecule has 6 heteroatoms. The maximum atomic E-state index is 12.5. The lowest BCUT2D eigenvalue weighted by molar-refractivity contribution is -0.143. The Balaban J connectivity index is 3.48. The number of nitrogens with one attached hydrogen (secondary N) is 1. The first-order valence-corrected chi connectivity index (χ1v) is 29.3. The fourth-order valence-electron chi connectivity index (χ4n) is 8.89. The quantitative estimate of drug-likeness (QED) is 0.0321. The highest BCUT2D eigenvalue weighted by Crippen LogP contribution is 2.17. The second-order valence-electron chi connectivity index (χ2n) is 20.0. The van der Waals surface area contributed by atoms with Crippen molar-refractivity contribution >= 4 is 11.9 Å². The zero-order valence-electron chi connectivity index (χ0n) is 44.2. The molecule has 0 fully saturated rings. The van der Waals surface area contributed by atoms with Crippen LogP contribution in [0.3, 0.4) is 0 Å². The summed E-state index contributed by atoms with van der Waals surface area (Å²) in [6, 6.07) is -0.636. The van der Waals surface area contributed by atoms with Gasteiger partial charge in [0.2, 0.25) is 5.91 Å². The van der Waals surface area contributed by atoms with Crippen LogP contribution in [-0.4, -0.2) is 47.4 Å². The molecule has 2 atom stereocenters. The zero-order valence-corrected chi connectivity index (χ0v) is 44.2. The first-order valence-electron chi connectivity index (χ1n) is 29.3. The van der Waals surface area contributed by atoms with Crippen LogP contribution in [0.2, 0.25) is 0 Å². The Hall–Kier alpha value is -1.92. The summed E-state index contributed by atoms with van der Waals surface area (Å²) in [6.07, 6.45) is 68.7. The van der Waals surface area contributed by atoms with Gasteiger partial charge in [0.25, 0.3) is 0 Å². The van der Waals surface area contributed by atoms with Gasteiger partial charge in [-0.05, 0) is 57.8 Å². The van der Waals surface area contributed by atoms with E-state index in [9.17, 15) is 19.8 Å². The smallest absolute Gasteiger partial charge is 0.305 e. The average molecular weight is 929 g/mol. The molecule has 66 heavy (non-hydrogen) atoms. The van der Waals surface area contributed by atoms with Crippen molar-refractivity contribution < 1.29 is 24.5 Å². The van der Waals surface area contributed by atoms with Crippen molar-refractivity contribution in [2.75, 3.05) is 13.2 Å². The molecule has 388 valence electrons. The Morgan fingerprint density at radius 2 is 0.773 bits per heavy atom. The molecule has 0 saturated heterocycles. The van der Waals surface area contributed by atoms with Crippen LogP contribution in [-0.2, 0) is 14.3 Å². The molecule has 0 bridgehead atoms. The molecule has 1 amide bonds. The van der Waals surface area contributed by atoms with E-state index < -0.39 is 12.1 Å². The standard InChI is InChI=1S/C60H113NO5/c1-3-5-7-9-11-13-15-17-19-20-21-22-23-25-28-32-36-40-44-48-52-58(63)57(56-62)61-59(64)53-49-45-41-37-33-29-26-24-27-31-35-39-43-47-51-55-66-60(65)54-50-46-42-38-34-30-18-16-14-12-10-8-6-4-2/h10,12,16,18,48,52,57-58,62-63H,3-9,11,13-15,17,19-47,49-51,53-56H2,1-2H3,(H,61,64)/b12-10-,18-16-,52-48+. The van der Waals surface area contributed by atoms with E-state index in [1.807, 2.05) is 6.08 Å². The van der Waals surface area contributed by atoms with E-state index >= 15 is 0 Å². The maximum absolute atomic E-state index is 12.5. The fraction of sp³-hybridized carbons (Fsp3) is 0.867. The molecule has 0 saturated carbocycles. The Kier molecular flexibility index (Phi) is 54.1. The lowest BCUT2D eigenvalue weighted by Crippen LogP contribution is -2.45. The Morgan fingerprint density at radius 3 is 1.20 bits per heavy atom. The molecular formula is C60H113NO5. The Labute approximate surface area is 411 Å². The molecular weight excluding hydrogens is 815 g/mol. The summed E-state index contributed by atoms with van der Waals surface area (Å²) in [5.41, 5.74) is 0. The number of carbonyl (C=O) groups is 2. The number of rotatable bonds is 54. The monoisotopic (exact) mass is 928 g/mol. The van der Waals surface area contributed by atoms with Gasteiger partial charge in [-0.3, -0.25) is 9.59 Å². The van der Waals surface area contributed by atoms with E-state index in [1.165, 1.54) is 218 Å². The molecule has 6 nitrogen and oxygen atoms in total. The SMILES string of the molecule is CCCC/C=C\C/C=C\CCCCCCCC(=O)OCCCCCCCCCCCCCCCCCC(=O)NC(CO)C(O)/C=C/CCCCCCCCCCCCCCCCCCCC. The van der Waals surface area contributed by atoms with Gasteiger partial charge in [-0.25, -0.2) is 0 Å². The van der Waals surface area contributed by atoms with Gasteiger partial charge in [-0.1, -0.05) is 275 Å². The molecule has 0 spiro atoms. The number of amides is 1. The third-order valence-electron chi connectivity index (χ3n) is 13.4. The number of esters is 1. The summed E-state index contributed by atoms with van der Waals surface area (Å²) >= 11 is 0.